The summed E-state index contributed by atoms with van der Waals surface area (Å²) in [4.78, 5) is 11.6. The molecule has 3 nitrogen and oxygen atoms in total. The van der Waals surface area contributed by atoms with Gasteiger partial charge in [0.1, 0.15) is 5.82 Å². The van der Waals surface area contributed by atoms with E-state index in [1.165, 1.54) is 36.0 Å². The Labute approximate surface area is 119 Å². The van der Waals surface area contributed by atoms with Gasteiger partial charge in [0.05, 0.1) is 17.2 Å². The number of nitrogens with zero attached hydrogens (tertiary/aromatic N) is 1. The Hall–Kier alpha value is -2.32. The molecule has 0 aliphatic carbocycles. The minimum atomic E-state index is -0.967. The van der Waals surface area contributed by atoms with E-state index in [0.717, 1.165) is 4.90 Å². The summed E-state index contributed by atoms with van der Waals surface area (Å²) in [5, 5.41) is 17.6. The third-order valence-corrected chi connectivity index (χ3v) is 3.68. The van der Waals surface area contributed by atoms with E-state index in [-0.39, 0.29) is 5.56 Å². The maximum absolute atomic E-state index is 13.3. The molecule has 0 aromatic heterocycles. The van der Waals surface area contributed by atoms with Crippen LogP contribution in [-0.2, 0) is 5.75 Å². The van der Waals surface area contributed by atoms with Gasteiger partial charge in [0, 0.05) is 10.6 Å². The summed E-state index contributed by atoms with van der Waals surface area (Å²) in [6.45, 7) is 0. The second-order valence-corrected chi connectivity index (χ2v) is 5.13. The largest absolute Gasteiger partial charge is 0.478 e. The Bertz CT molecular complexity index is 677. The Morgan fingerprint density at radius 2 is 1.95 bits per heavy atom. The van der Waals surface area contributed by atoms with E-state index >= 15 is 0 Å². The first kappa shape index (κ1) is 14.1. The topological polar surface area (TPSA) is 61.1 Å². The van der Waals surface area contributed by atoms with Gasteiger partial charge in [0.2, 0.25) is 0 Å². The third-order valence-electron chi connectivity index (χ3n) is 2.59. The highest BCUT2D eigenvalue weighted by Crippen LogP contribution is 2.24. The molecule has 0 bridgehead atoms. The number of benzene rings is 2. The second-order valence-electron chi connectivity index (χ2n) is 4.08. The molecule has 1 N–H and O–H groups in total. The van der Waals surface area contributed by atoms with Crippen LogP contribution in [0, 0.1) is 17.1 Å². The predicted molar refractivity (Wildman–Crippen MR) is 74.1 cm³/mol. The first-order valence-corrected chi connectivity index (χ1v) is 6.73. The monoisotopic (exact) mass is 287 g/mol. The summed E-state index contributed by atoms with van der Waals surface area (Å²) >= 11 is 1.45. The van der Waals surface area contributed by atoms with Crippen LogP contribution in [0.15, 0.2) is 47.4 Å². The van der Waals surface area contributed by atoms with Crippen molar-refractivity contribution in [3.05, 3.63) is 65.0 Å². The van der Waals surface area contributed by atoms with Gasteiger partial charge in [0.25, 0.3) is 0 Å². The number of hydrogen-bond donors (Lipinski definition) is 1. The summed E-state index contributed by atoms with van der Waals surface area (Å²) in [5.41, 5.74) is 1.24. The molecule has 0 saturated heterocycles. The molecule has 0 unspecified atom stereocenters. The Kier molecular flexibility index (Phi) is 4.38. The summed E-state index contributed by atoms with van der Waals surface area (Å²) in [7, 11) is 0. The van der Waals surface area contributed by atoms with Crippen molar-refractivity contribution < 1.29 is 14.3 Å². The van der Waals surface area contributed by atoms with E-state index in [4.69, 9.17) is 10.4 Å². The lowest BCUT2D eigenvalue weighted by molar-refractivity contribution is 0.0697. The maximum Gasteiger partial charge on any atom is 0.335 e. The van der Waals surface area contributed by atoms with Crippen LogP contribution >= 0.6 is 11.8 Å². The number of nitriles is 1. The second kappa shape index (κ2) is 6.22. The van der Waals surface area contributed by atoms with Crippen molar-refractivity contribution in [3.8, 4) is 6.07 Å². The van der Waals surface area contributed by atoms with Crippen molar-refractivity contribution in [3.63, 3.8) is 0 Å². The third kappa shape index (κ3) is 3.59. The van der Waals surface area contributed by atoms with Crippen molar-refractivity contribution in [2.75, 3.05) is 0 Å². The summed E-state index contributed by atoms with van der Waals surface area (Å²) in [5.74, 6) is -0.884. The SMILES string of the molecule is N#Cc1cc(F)cc(CSc2ccc(C(=O)O)cc2)c1. The van der Waals surface area contributed by atoms with Gasteiger partial charge < -0.3 is 5.11 Å². The number of thioether (sulfide) groups is 1. The average Bonchev–Trinajstić information content (AvgIpc) is 2.45. The van der Waals surface area contributed by atoms with Crippen LogP contribution in [0.4, 0.5) is 4.39 Å². The van der Waals surface area contributed by atoms with Gasteiger partial charge in [-0.3, -0.25) is 0 Å². The zero-order chi connectivity index (χ0) is 14.5. The molecule has 2 aromatic carbocycles. The van der Waals surface area contributed by atoms with Crippen LogP contribution in [0.3, 0.4) is 0 Å². The van der Waals surface area contributed by atoms with Crippen molar-refractivity contribution >= 4 is 17.7 Å². The van der Waals surface area contributed by atoms with Gasteiger partial charge in [-0.15, -0.1) is 11.8 Å². The van der Waals surface area contributed by atoms with Crippen LogP contribution < -0.4 is 0 Å². The Morgan fingerprint density at radius 1 is 1.25 bits per heavy atom. The standard InChI is InChI=1S/C15H10FNO2S/c16-13-6-10(8-17)5-11(7-13)9-20-14-3-1-12(2-4-14)15(18)19/h1-7H,9H2,(H,18,19). The lowest BCUT2D eigenvalue weighted by Crippen LogP contribution is -1.94. The zero-order valence-corrected chi connectivity index (χ0v) is 11.2. The maximum atomic E-state index is 13.3. The molecule has 0 spiro atoms. The molecule has 5 heteroatoms. The molecule has 0 fully saturated rings. The van der Waals surface area contributed by atoms with Gasteiger partial charge in [-0.25, -0.2) is 9.18 Å². The van der Waals surface area contributed by atoms with Crippen LogP contribution in [0.5, 0.6) is 0 Å². The van der Waals surface area contributed by atoms with Crippen molar-refractivity contribution in [2.24, 2.45) is 0 Å². The molecular formula is C15H10FNO2S. The lowest BCUT2D eigenvalue weighted by atomic mass is 10.1. The summed E-state index contributed by atoms with van der Waals surface area (Å²) in [6.07, 6.45) is 0. The Morgan fingerprint density at radius 3 is 2.55 bits per heavy atom. The number of carboxylic acids is 1. The molecular weight excluding hydrogens is 277 g/mol. The summed E-state index contributed by atoms with van der Waals surface area (Å²) in [6, 6.07) is 12.6. The number of hydrogen-bond acceptors (Lipinski definition) is 3. The molecule has 0 saturated carbocycles. The van der Waals surface area contributed by atoms with Crippen LogP contribution in [0.2, 0.25) is 0 Å². The van der Waals surface area contributed by atoms with Gasteiger partial charge in [-0.2, -0.15) is 5.26 Å². The summed E-state index contributed by atoms with van der Waals surface area (Å²) < 4.78 is 13.3. The van der Waals surface area contributed by atoms with Gasteiger partial charge in [0.15, 0.2) is 0 Å². The van der Waals surface area contributed by atoms with Crippen molar-refractivity contribution in [1.82, 2.24) is 0 Å². The number of halogens is 1. The number of carbonyl (C=O) groups is 1. The van der Waals surface area contributed by atoms with E-state index in [0.29, 0.717) is 16.9 Å². The smallest absolute Gasteiger partial charge is 0.335 e. The van der Waals surface area contributed by atoms with E-state index in [9.17, 15) is 9.18 Å². The van der Waals surface area contributed by atoms with Crippen LogP contribution in [0.25, 0.3) is 0 Å². The quantitative estimate of drug-likeness (QED) is 0.871. The average molecular weight is 287 g/mol. The van der Waals surface area contributed by atoms with Crippen molar-refractivity contribution in [1.29, 1.82) is 5.26 Å². The van der Waals surface area contributed by atoms with E-state index in [1.807, 2.05) is 6.07 Å². The fourth-order valence-corrected chi connectivity index (χ4v) is 2.49. The first-order valence-electron chi connectivity index (χ1n) is 5.74. The highest BCUT2D eigenvalue weighted by molar-refractivity contribution is 7.98. The highest BCUT2D eigenvalue weighted by atomic mass is 32.2. The molecule has 0 radical (unpaired) electrons. The first-order chi connectivity index (χ1) is 9.58. The minimum absolute atomic E-state index is 0.229. The van der Waals surface area contributed by atoms with Gasteiger partial charge >= 0.3 is 5.97 Å². The molecule has 0 aliphatic rings. The fraction of sp³-hybridized carbons (Fsp3) is 0.0667. The van der Waals surface area contributed by atoms with Crippen molar-refractivity contribution in [2.45, 2.75) is 10.6 Å². The minimum Gasteiger partial charge on any atom is -0.478 e. The Balaban J connectivity index is 2.07. The molecule has 0 atom stereocenters. The highest BCUT2D eigenvalue weighted by Gasteiger charge is 2.04. The van der Waals surface area contributed by atoms with E-state index < -0.39 is 11.8 Å². The molecule has 0 aliphatic heterocycles. The van der Waals surface area contributed by atoms with E-state index in [1.54, 1.807) is 18.2 Å². The molecule has 2 rings (SSSR count). The van der Waals surface area contributed by atoms with Crippen LogP contribution in [-0.4, -0.2) is 11.1 Å². The zero-order valence-electron chi connectivity index (χ0n) is 10.3. The molecule has 20 heavy (non-hydrogen) atoms. The van der Waals surface area contributed by atoms with E-state index in [2.05, 4.69) is 0 Å². The predicted octanol–water partition coefficient (Wildman–Crippen LogP) is 3.69. The van der Waals surface area contributed by atoms with Gasteiger partial charge in [-0.05, 0) is 48.0 Å². The molecule has 0 heterocycles. The number of rotatable bonds is 4. The lowest BCUT2D eigenvalue weighted by Gasteiger charge is -2.04. The molecule has 100 valence electrons. The molecule has 0 amide bonds. The number of aromatic carboxylic acids is 1. The fourth-order valence-electron chi connectivity index (χ4n) is 1.66. The normalized spacial score (nSPS) is 10.0. The van der Waals surface area contributed by atoms with Crippen LogP contribution in [0.1, 0.15) is 21.5 Å². The number of carboxylic acid groups (broad SMARTS) is 1. The van der Waals surface area contributed by atoms with Gasteiger partial charge in [-0.1, -0.05) is 0 Å². The molecule has 2 aromatic rings.